The number of anilines is 1. The van der Waals surface area contributed by atoms with Gasteiger partial charge in [0.05, 0.1) is 4.90 Å². The fourth-order valence-corrected chi connectivity index (χ4v) is 3.48. The second-order valence-corrected chi connectivity index (χ2v) is 7.63. The van der Waals surface area contributed by atoms with Crippen molar-refractivity contribution in [2.75, 3.05) is 25.1 Å². The van der Waals surface area contributed by atoms with E-state index < -0.39 is 10.0 Å². The molecule has 0 fully saturated rings. The molecule has 0 atom stereocenters. The number of fused-ring (bicyclic) bond motifs is 1. The van der Waals surface area contributed by atoms with Crippen molar-refractivity contribution in [1.29, 1.82) is 0 Å². The van der Waals surface area contributed by atoms with Crippen molar-refractivity contribution >= 4 is 21.6 Å². The predicted molar refractivity (Wildman–Crippen MR) is 97.0 cm³/mol. The van der Waals surface area contributed by atoms with E-state index in [4.69, 9.17) is 9.47 Å². The van der Waals surface area contributed by atoms with E-state index >= 15 is 0 Å². The summed E-state index contributed by atoms with van der Waals surface area (Å²) in [6, 6.07) is 11.8. The van der Waals surface area contributed by atoms with E-state index in [1.54, 1.807) is 18.2 Å². The molecule has 0 unspecified atom stereocenters. The van der Waals surface area contributed by atoms with Gasteiger partial charge in [-0.15, -0.1) is 0 Å². The summed E-state index contributed by atoms with van der Waals surface area (Å²) in [5, 5.41) is 2.73. The second-order valence-electron chi connectivity index (χ2n) is 5.87. The van der Waals surface area contributed by atoms with Gasteiger partial charge in [0.1, 0.15) is 13.2 Å². The molecule has 0 saturated heterocycles. The number of amides is 1. The van der Waals surface area contributed by atoms with Crippen LogP contribution in [-0.4, -0.2) is 34.1 Å². The van der Waals surface area contributed by atoms with Gasteiger partial charge in [0.15, 0.2) is 11.5 Å². The van der Waals surface area contributed by atoms with Crippen LogP contribution in [0.5, 0.6) is 11.5 Å². The first-order valence-corrected chi connectivity index (χ1v) is 9.68. The van der Waals surface area contributed by atoms with Crippen molar-refractivity contribution < 1.29 is 22.7 Å². The number of ether oxygens (including phenoxy) is 2. The van der Waals surface area contributed by atoms with Gasteiger partial charge in [-0.3, -0.25) is 4.79 Å². The topological polar surface area (TPSA) is 93.7 Å². The van der Waals surface area contributed by atoms with E-state index in [1.807, 2.05) is 19.1 Å². The fourth-order valence-electron chi connectivity index (χ4n) is 2.43. The third-order valence-corrected chi connectivity index (χ3v) is 5.26. The molecule has 0 bridgehead atoms. The second kappa shape index (κ2) is 7.76. The van der Waals surface area contributed by atoms with Crippen LogP contribution in [0.15, 0.2) is 47.4 Å². The molecule has 26 heavy (non-hydrogen) atoms. The molecule has 0 saturated carbocycles. The Bertz CT molecular complexity index is 894. The van der Waals surface area contributed by atoms with Crippen molar-refractivity contribution in [3.05, 3.63) is 48.0 Å². The first kappa shape index (κ1) is 18.2. The van der Waals surface area contributed by atoms with Crippen LogP contribution in [-0.2, 0) is 14.8 Å². The molecular formula is C18H20N2O5S. The van der Waals surface area contributed by atoms with Crippen molar-refractivity contribution in [2.24, 2.45) is 0 Å². The van der Waals surface area contributed by atoms with Gasteiger partial charge in [-0.1, -0.05) is 17.7 Å². The van der Waals surface area contributed by atoms with Crippen molar-refractivity contribution in [1.82, 2.24) is 4.72 Å². The summed E-state index contributed by atoms with van der Waals surface area (Å²) in [6.45, 7) is 2.77. The lowest BCUT2D eigenvalue weighted by Crippen LogP contribution is -2.28. The molecule has 0 aliphatic carbocycles. The SMILES string of the molecule is Cc1ccc(NC(=O)CCNS(=O)(=O)c2ccc3c(c2)OCCO3)cc1. The predicted octanol–water partition coefficient (Wildman–Crippen LogP) is 2.07. The Balaban J connectivity index is 1.55. The summed E-state index contributed by atoms with van der Waals surface area (Å²) in [4.78, 5) is 12.0. The smallest absolute Gasteiger partial charge is 0.240 e. The van der Waals surface area contributed by atoms with E-state index in [0.29, 0.717) is 30.4 Å². The largest absolute Gasteiger partial charge is 0.486 e. The number of carbonyl (C=O) groups is 1. The third kappa shape index (κ3) is 4.53. The minimum absolute atomic E-state index is 0.00549. The van der Waals surface area contributed by atoms with E-state index in [0.717, 1.165) is 5.56 Å². The number of hydrogen-bond donors (Lipinski definition) is 2. The van der Waals surface area contributed by atoms with Crippen LogP contribution in [0, 0.1) is 6.92 Å². The summed E-state index contributed by atoms with van der Waals surface area (Å²) in [5.41, 5.74) is 1.77. The minimum Gasteiger partial charge on any atom is -0.486 e. The van der Waals surface area contributed by atoms with E-state index in [2.05, 4.69) is 10.0 Å². The average Bonchev–Trinajstić information content (AvgIpc) is 2.63. The Kier molecular flexibility index (Phi) is 5.43. The van der Waals surface area contributed by atoms with Crippen molar-refractivity contribution in [3.63, 3.8) is 0 Å². The lowest BCUT2D eigenvalue weighted by molar-refractivity contribution is -0.116. The number of aryl methyl sites for hydroxylation is 1. The molecule has 0 spiro atoms. The van der Waals surface area contributed by atoms with Crippen LogP contribution in [0.3, 0.4) is 0 Å². The van der Waals surface area contributed by atoms with Crippen LogP contribution in [0.4, 0.5) is 5.69 Å². The highest BCUT2D eigenvalue weighted by molar-refractivity contribution is 7.89. The highest BCUT2D eigenvalue weighted by Crippen LogP contribution is 2.32. The molecule has 1 aliphatic heterocycles. The molecule has 2 aromatic carbocycles. The zero-order valence-electron chi connectivity index (χ0n) is 14.3. The van der Waals surface area contributed by atoms with Gasteiger partial charge >= 0.3 is 0 Å². The molecule has 1 aliphatic rings. The van der Waals surface area contributed by atoms with Crippen molar-refractivity contribution in [3.8, 4) is 11.5 Å². The molecule has 7 nitrogen and oxygen atoms in total. The summed E-state index contributed by atoms with van der Waals surface area (Å²) in [5.74, 6) is 0.655. The monoisotopic (exact) mass is 376 g/mol. The first-order chi connectivity index (χ1) is 12.4. The van der Waals surface area contributed by atoms with E-state index in [1.165, 1.54) is 12.1 Å². The number of rotatable bonds is 6. The van der Waals surface area contributed by atoms with Crippen LogP contribution in [0.25, 0.3) is 0 Å². The summed E-state index contributed by atoms with van der Waals surface area (Å²) in [7, 11) is -3.73. The summed E-state index contributed by atoms with van der Waals surface area (Å²) >= 11 is 0. The Morgan fingerprint density at radius 2 is 1.73 bits per heavy atom. The maximum Gasteiger partial charge on any atom is 0.240 e. The number of nitrogens with one attached hydrogen (secondary N) is 2. The minimum atomic E-state index is -3.73. The zero-order chi connectivity index (χ0) is 18.6. The Hall–Kier alpha value is -2.58. The Morgan fingerprint density at radius 1 is 1.04 bits per heavy atom. The van der Waals surface area contributed by atoms with Crippen LogP contribution in [0.1, 0.15) is 12.0 Å². The summed E-state index contributed by atoms with van der Waals surface area (Å²) in [6.07, 6.45) is 0.0255. The van der Waals surface area contributed by atoms with Crippen molar-refractivity contribution in [2.45, 2.75) is 18.2 Å². The van der Waals surface area contributed by atoms with Crippen LogP contribution in [0.2, 0.25) is 0 Å². The maximum atomic E-state index is 12.4. The van der Waals surface area contributed by atoms with Gasteiger partial charge in [0, 0.05) is 24.7 Å². The van der Waals surface area contributed by atoms with Crippen LogP contribution >= 0.6 is 0 Å². The number of sulfonamides is 1. The Morgan fingerprint density at radius 3 is 2.46 bits per heavy atom. The van der Waals surface area contributed by atoms with Gasteiger partial charge in [-0.2, -0.15) is 0 Å². The van der Waals surface area contributed by atoms with Gasteiger partial charge in [-0.25, -0.2) is 13.1 Å². The molecule has 2 aromatic rings. The number of hydrogen-bond acceptors (Lipinski definition) is 5. The van der Waals surface area contributed by atoms with Gasteiger partial charge in [0.25, 0.3) is 0 Å². The van der Waals surface area contributed by atoms with E-state index in [-0.39, 0.29) is 23.8 Å². The normalized spacial score (nSPS) is 13.3. The number of benzene rings is 2. The van der Waals surface area contributed by atoms with Gasteiger partial charge in [0.2, 0.25) is 15.9 Å². The van der Waals surface area contributed by atoms with E-state index in [9.17, 15) is 13.2 Å². The maximum absolute atomic E-state index is 12.4. The summed E-state index contributed by atoms with van der Waals surface area (Å²) < 4.78 is 37.9. The molecule has 1 amide bonds. The lowest BCUT2D eigenvalue weighted by Gasteiger charge is -2.18. The molecule has 0 radical (unpaired) electrons. The molecule has 1 heterocycles. The van der Waals surface area contributed by atoms with Gasteiger partial charge in [-0.05, 0) is 31.2 Å². The molecule has 2 N–H and O–H groups in total. The highest BCUT2D eigenvalue weighted by Gasteiger charge is 2.19. The molecular weight excluding hydrogens is 356 g/mol. The molecule has 3 rings (SSSR count). The van der Waals surface area contributed by atoms with Gasteiger partial charge < -0.3 is 14.8 Å². The molecule has 0 aromatic heterocycles. The fraction of sp³-hybridized carbons (Fsp3) is 0.278. The molecule has 8 heteroatoms. The first-order valence-electron chi connectivity index (χ1n) is 8.20. The standard InChI is InChI=1S/C18H20N2O5S/c1-13-2-4-14(5-3-13)20-18(21)8-9-19-26(22,23)15-6-7-16-17(12-15)25-11-10-24-16/h2-7,12,19H,8-11H2,1H3,(H,20,21). The number of carbonyl (C=O) groups excluding carboxylic acids is 1. The lowest BCUT2D eigenvalue weighted by atomic mass is 10.2. The molecule has 138 valence electrons. The third-order valence-electron chi connectivity index (χ3n) is 3.80. The zero-order valence-corrected chi connectivity index (χ0v) is 15.1. The Labute approximate surface area is 152 Å². The quantitative estimate of drug-likeness (QED) is 0.805. The van der Waals surface area contributed by atoms with Crippen LogP contribution < -0.4 is 19.5 Å². The average molecular weight is 376 g/mol. The highest BCUT2D eigenvalue weighted by atomic mass is 32.2.